The summed E-state index contributed by atoms with van der Waals surface area (Å²) in [6, 6.07) is 8.50. The normalized spacial score (nSPS) is 21.9. The quantitative estimate of drug-likeness (QED) is 0.914. The molecule has 0 saturated heterocycles. The molecule has 1 saturated carbocycles. The number of sulfone groups is 1. The topological polar surface area (TPSA) is 72.5 Å². The van der Waals surface area contributed by atoms with Crippen molar-refractivity contribution in [2.75, 3.05) is 5.75 Å². The van der Waals surface area contributed by atoms with Crippen molar-refractivity contribution in [3.05, 3.63) is 30.3 Å². The molecule has 1 aromatic carbocycles. The molecular weight excluding hydrogens is 314 g/mol. The molecule has 1 aliphatic rings. The lowest BCUT2D eigenvalue weighted by atomic mass is 10.1. The van der Waals surface area contributed by atoms with Gasteiger partial charge in [-0.25, -0.2) is 13.2 Å². The lowest BCUT2D eigenvalue weighted by Gasteiger charge is -2.21. The number of carbonyl (C=O) groups excluding carboxylic acids is 1. The van der Waals surface area contributed by atoms with Crippen LogP contribution in [0.15, 0.2) is 35.2 Å². The fraction of sp³-hybridized carbons (Fsp3) is 0.588. The second-order valence-electron chi connectivity index (χ2n) is 7.12. The Balaban J connectivity index is 1.87. The molecule has 0 aromatic heterocycles. The standard InChI is InChI=1S/C17H25NO4S/c1-17(2,3)22-16(19)18-14-10-9-13(11-14)12-23(20,21)15-7-5-4-6-8-15/h4-8,13-14H,9-12H2,1-3H3,(H,18,19)/t13-,14+/m1/s1. The Hall–Kier alpha value is -1.56. The van der Waals surface area contributed by atoms with Gasteiger partial charge in [0.2, 0.25) is 0 Å². The van der Waals surface area contributed by atoms with Crippen LogP contribution >= 0.6 is 0 Å². The first-order chi connectivity index (χ1) is 10.7. The first kappa shape index (κ1) is 17.8. The summed E-state index contributed by atoms with van der Waals surface area (Å²) in [4.78, 5) is 12.1. The Kier molecular flexibility index (Phi) is 5.34. The predicted octanol–water partition coefficient (Wildman–Crippen LogP) is 3.15. The Bertz CT molecular complexity index is 634. The van der Waals surface area contributed by atoms with Crippen LogP contribution in [0.3, 0.4) is 0 Å². The minimum Gasteiger partial charge on any atom is -0.444 e. The van der Waals surface area contributed by atoms with E-state index in [0.29, 0.717) is 11.3 Å². The molecule has 1 amide bonds. The Labute approximate surface area is 138 Å². The fourth-order valence-electron chi connectivity index (χ4n) is 2.87. The summed E-state index contributed by atoms with van der Waals surface area (Å²) >= 11 is 0. The van der Waals surface area contributed by atoms with Crippen molar-refractivity contribution in [3.8, 4) is 0 Å². The zero-order chi connectivity index (χ0) is 17.1. The molecule has 0 heterocycles. The first-order valence-corrected chi connectivity index (χ1v) is 9.58. The van der Waals surface area contributed by atoms with Crippen molar-refractivity contribution in [2.24, 2.45) is 5.92 Å². The van der Waals surface area contributed by atoms with Crippen molar-refractivity contribution in [3.63, 3.8) is 0 Å². The van der Waals surface area contributed by atoms with E-state index in [9.17, 15) is 13.2 Å². The molecule has 6 heteroatoms. The van der Waals surface area contributed by atoms with E-state index in [2.05, 4.69) is 5.32 Å². The lowest BCUT2D eigenvalue weighted by molar-refractivity contribution is 0.0505. The highest BCUT2D eigenvalue weighted by Gasteiger charge is 2.31. The van der Waals surface area contributed by atoms with Gasteiger partial charge in [-0.2, -0.15) is 0 Å². The maximum absolute atomic E-state index is 12.4. The second-order valence-corrected chi connectivity index (χ2v) is 9.15. The van der Waals surface area contributed by atoms with Crippen LogP contribution in [0.2, 0.25) is 0 Å². The lowest BCUT2D eigenvalue weighted by Crippen LogP contribution is -2.38. The van der Waals surface area contributed by atoms with E-state index < -0.39 is 21.5 Å². The van der Waals surface area contributed by atoms with Crippen molar-refractivity contribution < 1.29 is 17.9 Å². The summed E-state index contributed by atoms with van der Waals surface area (Å²) in [5.41, 5.74) is -0.529. The van der Waals surface area contributed by atoms with Gasteiger partial charge in [0.1, 0.15) is 5.60 Å². The van der Waals surface area contributed by atoms with E-state index >= 15 is 0 Å². The Morgan fingerprint density at radius 3 is 2.48 bits per heavy atom. The molecule has 0 radical (unpaired) electrons. The monoisotopic (exact) mass is 339 g/mol. The average Bonchev–Trinajstić information content (AvgIpc) is 2.83. The smallest absolute Gasteiger partial charge is 0.407 e. The van der Waals surface area contributed by atoms with Crippen LogP contribution in [-0.2, 0) is 14.6 Å². The molecule has 0 aliphatic heterocycles. The average molecular weight is 339 g/mol. The molecular formula is C17H25NO4S. The van der Waals surface area contributed by atoms with Crippen molar-refractivity contribution in [1.82, 2.24) is 5.32 Å². The summed E-state index contributed by atoms with van der Waals surface area (Å²) in [5.74, 6) is 0.198. The first-order valence-electron chi connectivity index (χ1n) is 7.93. The number of hydrogen-bond acceptors (Lipinski definition) is 4. The third-order valence-corrected chi connectivity index (χ3v) is 5.72. The number of alkyl carbamates (subject to hydrolysis) is 1. The summed E-state index contributed by atoms with van der Waals surface area (Å²) in [7, 11) is -3.27. The minimum atomic E-state index is -3.27. The van der Waals surface area contributed by atoms with Gasteiger partial charge >= 0.3 is 6.09 Å². The van der Waals surface area contributed by atoms with Crippen molar-refractivity contribution in [2.45, 2.75) is 56.6 Å². The summed E-state index contributed by atoms with van der Waals surface area (Å²) in [6.45, 7) is 5.45. The van der Waals surface area contributed by atoms with Gasteiger partial charge in [0.15, 0.2) is 9.84 Å². The predicted molar refractivity (Wildman–Crippen MR) is 89.0 cm³/mol. The van der Waals surface area contributed by atoms with Gasteiger partial charge in [-0.1, -0.05) is 18.2 Å². The third kappa shape index (κ3) is 5.53. The number of nitrogens with one attached hydrogen (secondary N) is 1. The Morgan fingerprint density at radius 2 is 1.87 bits per heavy atom. The summed E-state index contributed by atoms with van der Waals surface area (Å²) in [6.07, 6.45) is 1.82. The Morgan fingerprint density at radius 1 is 1.22 bits per heavy atom. The number of ether oxygens (including phenoxy) is 1. The molecule has 2 rings (SSSR count). The van der Waals surface area contributed by atoms with Gasteiger partial charge in [-0.3, -0.25) is 0 Å². The molecule has 0 bridgehead atoms. The highest BCUT2D eigenvalue weighted by molar-refractivity contribution is 7.91. The van der Waals surface area contributed by atoms with Crippen LogP contribution in [0.5, 0.6) is 0 Å². The van der Waals surface area contributed by atoms with Crippen LogP contribution in [-0.4, -0.2) is 31.9 Å². The number of rotatable bonds is 4. The zero-order valence-electron chi connectivity index (χ0n) is 13.9. The van der Waals surface area contributed by atoms with E-state index in [1.807, 2.05) is 20.8 Å². The van der Waals surface area contributed by atoms with Crippen LogP contribution in [0.25, 0.3) is 0 Å². The largest absolute Gasteiger partial charge is 0.444 e. The van der Waals surface area contributed by atoms with Gasteiger partial charge in [-0.15, -0.1) is 0 Å². The van der Waals surface area contributed by atoms with Gasteiger partial charge < -0.3 is 10.1 Å². The molecule has 1 N–H and O–H groups in total. The number of carbonyl (C=O) groups is 1. The maximum Gasteiger partial charge on any atom is 0.407 e. The maximum atomic E-state index is 12.4. The van der Waals surface area contributed by atoms with Gasteiger partial charge in [0.05, 0.1) is 10.6 Å². The zero-order valence-corrected chi connectivity index (χ0v) is 14.7. The molecule has 1 aliphatic carbocycles. The van der Waals surface area contributed by atoms with Crippen LogP contribution < -0.4 is 5.32 Å². The highest BCUT2D eigenvalue weighted by atomic mass is 32.2. The van der Waals surface area contributed by atoms with E-state index in [0.717, 1.165) is 12.8 Å². The number of hydrogen-bond donors (Lipinski definition) is 1. The van der Waals surface area contributed by atoms with Crippen LogP contribution in [0, 0.1) is 5.92 Å². The number of benzene rings is 1. The fourth-order valence-corrected chi connectivity index (χ4v) is 4.55. The van der Waals surface area contributed by atoms with Crippen LogP contribution in [0.4, 0.5) is 4.79 Å². The molecule has 5 nitrogen and oxygen atoms in total. The van der Waals surface area contributed by atoms with Crippen LogP contribution in [0.1, 0.15) is 40.0 Å². The van der Waals surface area contributed by atoms with Gasteiger partial charge in [0.25, 0.3) is 0 Å². The molecule has 0 unspecified atom stereocenters. The van der Waals surface area contributed by atoms with E-state index in [-0.39, 0.29) is 17.7 Å². The van der Waals surface area contributed by atoms with E-state index in [1.54, 1.807) is 30.3 Å². The summed E-state index contributed by atoms with van der Waals surface area (Å²) in [5, 5.41) is 2.83. The van der Waals surface area contributed by atoms with Crippen molar-refractivity contribution in [1.29, 1.82) is 0 Å². The molecule has 128 valence electrons. The molecule has 1 aromatic rings. The molecule has 1 fully saturated rings. The molecule has 0 spiro atoms. The van der Waals surface area contributed by atoms with Gasteiger partial charge in [-0.05, 0) is 58.1 Å². The number of amides is 1. The van der Waals surface area contributed by atoms with E-state index in [1.165, 1.54) is 0 Å². The van der Waals surface area contributed by atoms with Crippen molar-refractivity contribution >= 4 is 15.9 Å². The van der Waals surface area contributed by atoms with E-state index in [4.69, 9.17) is 4.74 Å². The molecule has 23 heavy (non-hydrogen) atoms. The SMILES string of the molecule is CC(C)(C)OC(=O)N[C@H]1CC[C@@H](CS(=O)(=O)c2ccccc2)C1. The minimum absolute atomic E-state index is 0.0131. The summed E-state index contributed by atoms with van der Waals surface area (Å²) < 4.78 is 30.0. The molecule has 2 atom stereocenters. The third-order valence-electron chi connectivity index (χ3n) is 3.82. The van der Waals surface area contributed by atoms with Gasteiger partial charge in [0, 0.05) is 6.04 Å². The second kappa shape index (κ2) is 6.91. The highest BCUT2D eigenvalue weighted by Crippen LogP contribution is 2.29.